The number of carbonyl (C=O) groups excluding carboxylic acids is 1. The minimum Gasteiger partial charge on any atom is -0.329 e. The van der Waals surface area contributed by atoms with E-state index < -0.39 is 0 Å². The van der Waals surface area contributed by atoms with E-state index in [9.17, 15) is 4.79 Å². The van der Waals surface area contributed by atoms with Gasteiger partial charge in [0, 0.05) is 19.8 Å². The van der Waals surface area contributed by atoms with Gasteiger partial charge in [0.15, 0.2) is 6.29 Å². The molecule has 0 atom stereocenters. The lowest BCUT2D eigenvalue weighted by atomic mass is 10.2. The summed E-state index contributed by atoms with van der Waals surface area (Å²) in [6.07, 6.45) is 0.808. The summed E-state index contributed by atoms with van der Waals surface area (Å²) in [6, 6.07) is 9.32. The van der Waals surface area contributed by atoms with E-state index in [1.807, 2.05) is 24.1 Å². The van der Waals surface area contributed by atoms with Crippen LogP contribution in [0.1, 0.15) is 21.6 Å². The Morgan fingerprint density at radius 2 is 2.21 bits per heavy atom. The van der Waals surface area contributed by atoms with Crippen molar-refractivity contribution >= 4 is 17.8 Å². The molecular formula is C14H14N4O. The number of benzene rings is 1. The van der Waals surface area contributed by atoms with E-state index >= 15 is 0 Å². The summed E-state index contributed by atoms with van der Waals surface area (Å²) in [5, 5.41) is 13.2. The molecule has 0 bridgehead atoms. The first kappa shape index (κ1) is 12.8. The molecule has 1 heterocycles. The number of carbonyl (C=O) groups is 1. The van der Waals surface area contributed by atoms with Crippen molar-refractivity contribution in [2.75, 3.05) is 11.9 Å². The average Bonchev–Trinajstić information content (AvgIpc) is 2.71. The van der Waals surface area contributed by atoms with Crippen molar-refractivity contribution in [3.8, 4) is 6.07 Å². The van der Waals surface area contributed by atoms with Crippen LogP contribution in [0.4, 0.5) is 11.5 Å². The summed E-state index contributed by atoms with van der Waals surface area (Å²) < 4.78 is 1.66. The van der Waals surface area contributed by atoms with Crippen molar-refractivity contribution < 1.29 is 4.79 Å². The van der Waals surface area contributed by atoms with E-state index in [2.05, 4.69) is 11.2 Å². The van der Waals surface area contributed by atoms with Crippen molar-refractivity contribution in [1.82, 2.24) is 9.78 Å². The molecule has 1 aromatic heterocycles. The van der Waals surface area contributed by atoms with Gasteiger partial charge in [-0.3, -0.25) is 9.48 Å². The fourth-order valence-corrected chi connectivity index (χ4v) is 2.10. The van der Waals surface area contributed by atoms with Gasteiger partial charge in [0.05, 0.1) is 22.9 Å². The molecular weight excluding hydrogens is 240 g/mol. The molecule has 0 aliphatic rings. The van der Waals surface area contributed by atoms with Gasteiger partial charge in [0.1, 0.15) is 5.82 Å². The average molecular weight is 254 g/mol. The Morgan fingerprint density at radius 1 is 1.47 bits per heavy atom. The third kappa shape index (κ3) is 2.20. The van der Waals surface area contributed by atoms with Crippen molar-refractivity contribution in [1.29, 1.82) is 5.26 Å². The molecule has 0 amide bonds. The maximum Gasteiger partial charge on any atom is 0.155 e. The molecule has 2 aromatic rings. The highest BCUT2D eigenvalue weighted by Crippen LogP contribution is 2.27. The largest absolute Gasteiger partial charge is 0.329 e. The van der Waals surface area contributed by atoms with Gasteiger partial charge >= 0.3 is 0 Å². The van der Waals surface area contributed by atoms with Gasteiger partial charge in [0.2, 0.25) is 0 Å². The molecule has 0 aliphatic carbocycles. The fraction of sp³-hybridized carbons (Fsp3) is 0.214. The predicted octanol–water partition coefficient (Wildman–Crippen LogP) is 2.18. The number of aldehydes is 1. The summed E-state index contributed by atoms with van der Waals surface area (Å²) in [5.74, 6) is 0.711. The van der Waals surface area contributed by atoms with Crippen LogP contribution in [0.15, 0.2) is 24.3 Å². The molecule has 0 aliphatic heterocycles. The van der Waals surface area contributed by atoms with Crippen molar-refractivity contribution in [2.45, 2.75) is 6.92 Å². The number of hydrogen-bond acceptors (Lipinski definition) is 4. The third-order valence-electron chi connectivity index (χ3n) is 3.04. The molecule has 5 heteroatoms. The monoisotopic (exact) mass is 254 g/mol. The predicted molar refractivity (Wildman–Crippen MR) is 72.6 cm³/mol. The lowest BCUT2D eigenvalue weighted by Gasteiger charge is -2.20. The lowest BCUT2D eigenvalue weighted by molar-refractivity contribution is 0.112. The van der Waals surface area contributed by atoms with Gasteiger partial charge in [-0.15, -0.1) is 0 Å². The maximum absolute atomic E-state index is 11.2. The quantitative estimate of drug-likeness (QED) is 0.788. The highest BCUT2D eigenvalue weighted by molar-refractivity contribution is 5.86. The van der Waals surface area contributed by atoms with Gasteiger partial charge in [-0.1, -0.05) is 6.07 Å². The van der Waals surface area contributed by atoms with Crippen molar-refractivity contribution in [2.24, 2.45) is 7.05 Å². The van der Waals surface area contributed by atoms with E-state index in [0.717, 1.165) is 12.0 Å². The first-order valence-corrected chi connectivity index (χ1v) is 5.81. The second kappa shape index (κ2) is 4.94. The van der Waals surface area contributed by atoms with E-state index in [1.165, 1.54) is 0 Å². The number of aryl methyl sites for hydroxylation is 2. The molecule has 0 spiro atoms. The van der Waals surface area contributed by atoms with Crippen LogP contribution >= 0.6 is 0 Å². The van der Waals surface area contributed by atoms with Gasteiger partial charge in [-0.05, 0) is 25.1 Å². The van der Waals surface area contributed by atoms with Crippen LogP contribution in [0.2, 0.25) is 0 Å². The molecule has 2 rings (SSSR count). The summed E-state index contributed by atoms with van der Waals surface area (Å²) in [4.78, 5) is 13.0. The Hall–Kier alpha value is -2.61. The molecule has 1 aromatic carbocycles. The second-order valence-corrected chi connectivity index (χ2v) is 4.29. The zero-order chi connectivity index (χ0) is 14.0. The van der Waals surface area contributed by atoms with Gasteiger partial charge < -0.3 is 4.90 Å². The van der Waals surface area contributed by atoms with Crippen LogP contribution in [0.3, 0.4) is 0 Å². The Bertz CT molecular complexity index is 667. The molecule has 0 radical (unpaired) electrons. The molecule has 5 nitrogen and oxygen atoms in total. The molecule has 0 saturated carbocycles. The zero-order valence-corrected chi connectivity index (χ0v) is 11.1. The molecule has 19 heavy (non-hydrogen) atoms. The van der Waals surface area contributed by atoms with E-state index in [0.29, 0.717) is 22.6 Å². The van der Waals surface area contributed by atoms with Crippen LogP contribution < -0.4 is 4.90 Å². The Balaban J connectivity index is 2.52. The number of aromatic nitrogens is 2. The summed E-state index contributed by atoms with van der Waals surface area (Å²) in [5.41, 5.74) is 2.67. The minimum atomic E-state index is 0.562. The Labute approximate surface area is 111 Å². The van der Waals surface area contributed by atoms with Crippen LogP contribution in [0.25, 0.3) is 0 Å². The summed E-state index contributed by atoms with van der Waals surface area (Å²) in [7, 11) is 3.64. The number of rotatable bonds is 3. The van der Waals surface area contributed by atoms with E-state index in [1.54, 1.807) is 30.8 Å². The van der Waals surface area contributed by atoms with Crippen LogP contribution in [0, 0.1) is 18.3 Å². The normalized spacial score (nSPS) is 10.0. The Kier molecular flexibility index (Phi) is 3.34. The number of hydrogen-bond donors (Lipinski definition) is 0. The van der Waals surface area contributed by atoms with Crippen molar-refractivity contribution in [3.05, 3.63) is 41.1 Å². The molecule has 0 fully saturated rings. The van der Waals surface area contributed by atoms with Crippen LogP contribution in [0.5, 0.6) is 0 Å². The first-order valence-electron chi connectivity index (χ1n) is 5.81. The molecule has 96 valence electrons. The number of nitrogens with zero attached hydrogens (tertiary/aromatic N) is 4. The molecule has 0 N–H and O–H groups in total. The second-order valence-electron chi connectivity index (χ2n) is 4.29. The van der Waals surface area contributed by atoms with E-state index in [-0.39, 0.29) is 0 Å². The SMILES string of the molecule is Cc1nn(C)c(N(C)c2cccc(C#N)c2)c1C=O. The Morgan fingerprint density at radius 3 is 2.84 bits per heavy atom. The van der Waals surface area contributed by atoms with Gasteiger partial charge in [-0.25, -0.2) is 0 Å². The maximum atomic E-state index is 11.2. The van der Waals surface area contributed by atoms with Crippen LogP contribution in [-0.2, 0) is 7.05 Å². The molecule has 0 unspecified atom stereocenters. The van der Waals surface area contributed by atoms with Gasteiger partial charge in [-0.2, -0.15) is 10.4 Å². The van der Waals surface area contributed by atoms with Gasteiger partial charge in [0.25, 0.3) is 0 Å². The smallest absolute Gasteiger partial charge is 0.155 e. The summed E-state index contributed by atoms with van der Waals surface area (Å²) in [6.45, 7) is 1.80. The fourth-order valence-electron chi connectivity index (χ4n) is 2.10. The first-order chi connectivity index (χ1) is 9.08. The lowest BCUT2D eigenvalue weighted by Crippen LogP contribution is -2.15. The highest BCUT2D eigenvalue weighted by atomic mass is 16.1. The van der Waals surface area contributed by atoms with E-state index in [4.69, 9.17) is 5.26 Å². The summed E-state index contributed by atoms with van der Waals surface area (Å²) >= 11 is 0. The highest BCUT2D eigenvalue weighted by Gasteiger charge is 2.17. The minimum absolute atomic E-state index is 0.562. The standard InChI is InChI=1S/C14H14N4O/c1-10-13(9-19)14(18(3)16-10)17(2)12-6-4-5-11(7-12)8-15/h4-7,9H,1-3H3. The third-order valence-corrected chi connectivity index (χ3v) is 3.04. The number of nitriles is 1. The van der Waals surface area contributed by atoms with Crippen molar-refractivity contribution in [3.63, 3.8) is 0 Å². The topological polar surface area (TPSA) is 61.9 Å². The zero-order valence-electron chi connectivity index (χ0n) is 11.1. The molecule has 0 saturated heterocycles. The number of anilines is 2. The van der Waals surface area contributed by atoms with Crippen LogP contribution in [-0.4, -0.2) is 23.1 Å².